The molecule has 2 aromatic rings. The number of benzene rings is 1. The highest BCUT2D eigenvalue weighted by molar-refractivity contribution is 5.62. The molecule has 8 nitrogen and oxygen atoms in total. The van der Waals surface area contributed by atoms with Crippen molar-refractivity contribution < 1.29 is 15.3 Å². The fourth-order valence-corrected chi connectivity index (χ4v) is 2.69. The van der Waals surface area contributed by atoms with Crippen LogP contribution in [-0.4, -0.2) is 61.2 Å². The second-order valence-corrected chi connectivity index (χ2v) is 5.49. The molecule has 1 aromatic carbocycles. The van der Waals surface area contributed by atoms with E-state index in [1.54, 1.807) is 16.9 Å². The number of aliphatic hydroxyl groups excluding tert-OH is 3. The Kier molecular flexibility index (Phi) is 4.08. The number of aliphatic hydroxyl groups is 3. The molecular formula is C14H19N5O3. The summed E-state index contributed by atoms with van der Waals surface area (Å²) in [5.41, 5.74) is 7.94. The molecule has 1 aliphatic rings. The molecule has 0 spiro atoms. The van der Waals surface area contributed by atoms with Crippen LogP contribution in [0, 0.1) is 0 Å². The highest BCUT2D eigenvalue weighted by Crippen LogP contribution is 2.20. The van der Waals surface area contributed by atoms with Crippen LogP contribution in [0.2, 0.25) is 0 Å². The van der Waals surface area contributed by atoms with Crippen LogP contribution in [-0.2, 0) is 6.54 Å². The predicted molar refractivity (Wildman–Crippen MR) is 79.7 cm³/mol. The van der Waals surface area contributed by atoms with Crippen molar-refractivity contribution >= 4 is 5.69 Å². The van der Waals surface area contributed by atoms with Gasteiger partial charge >= 0.3 is 0 Å². The van der Waals surface area contributed by atoms with Gasteiger partial charge in [0.15, 0.2) is 0 Å². The van der Waals surface area contributed by atoms with Crippen molar-refractivity contribution in [3.8, 4) is 11.3 Å². The van der Waals surface area contributed by atoms with Crippen molar-refractivity contribution in [1.29, 1.82) is 0 Å². The molecule has 1 saturated heterocycles. The molecule has 4 atom stereocenters. The number of hydrogen-bond donors (Lipinski definition) is 5. The van der Waals surface area contributed by atoms with Gasteiger partial charge in [-0.15, -0.1) is 5.10 Å². The Morgan fingerprint density at radius 3 is 2.68 bits per heavy atom. The molecule has 0 unspecified atom stereocenters. The van der Waals surface area contributed by atoms with E-state index in [1.807, 2.05) is 18.2 Å². The van der Waals surface area contributed by atoms with Gasteiger partial charge in [-0.25, -0.2) is 0 Å². The summed E-state index contributed by atoms with van der Waals surface area (Å²) in [6.45, 7) is 0.102. The minimum absolute atomic E-state index is 0.235. The monoisotopic (exact) mass is 305 g/mol. The van der Waals surface area contributed by atoms with E-state index in [9.17, 15) is 10.2 Å². The van der Waals surface area contributed by atoms with Crippen molar-refractivity contribution in [3.63, 3.8) is 0 Å². The lowest BCUT2D eigenvalue weighted by Crippen LogP contribution is -2.38. The number of nitrogens with one attached hydrogen (secondary N) is 1. The molecule has 0 amide bonds. The maximum absolute atomic E-state index is 9.98. The van der Waals surface area contributed by atoms with E-state index in [0.29, 0.717) is 17.9 Å². The molecule has 3 rings (SSSR count). The third-order valence-corrected chi connectivity index (χ3v) is 3.90. The number of nitrogens with zero attached hydrogens (tertiary/aromatic N) is 3. The molecule has 0 radical (unpaired) electrons. The summed E-state index contributed by atoms with van der Waals surface area (Å²) in [5.74, 6) is 0. The van der Waals surface area contributed by atoms with Gasteiger partial charge in [-0.3, -0.25) is 4.68 Å². The van der Waals surface area contributed by atoms with Crippen LogP contribution in [0.3, 0.4) is 0 Å². The first kappa shape index (κ1) is 14.9. The summed E-state index contributed by atoms with van der Waals surface area (Å²) in [5, 5.41) is 40.0. The van der Waals surface area contributed by atoms with Gasteiger partial charge in [-0.2, -0.15) is 0 Å². The number of hydrogen-bond acceptors (Lipinski definition) is 7. The normalized spacial score (nSPS) is 28.1. The van der Waals surface area contributed by atoms with Gasteiger partial charge in [0.25, 0.3) is 0 Å². The van der Waals surface area contributed by atoms with Crippen LogP contribution in [0.25, 0.3) is 11.3 Å². The second kappa shape index (κ2) is 6.01. The minimum atomic E-state index is -0.994. The van der Waals surface area contributed by atoms with Gasteiger partial charge in [-0.05, 0) is 12.1 Å². The Hall–Kier alpha value is -2.00. The van der Waals surface area contributed by atoms with E-state index in [1.165, 1.54) is 0 Å². The SMILES string of the molecule is Nc1cccc(-c2cn(C[C@H]3N[C@H](CO)[C@@H](O)[C@@H]3O)nn2)c1. The Balaban J connectivity index is 1.72. The van der Waals surface area contributed by atoms with E-state index in [4.69, 9.17) is 10.8 Å². The van der Waals surface area contributed by atoms with Crippen LogP contribution >= 0.6 is 0 Å². The Labute approximate surface area is 127 Å². The van der Waals surface area contributed by atoms with E-state index >= 15 is 0 Å². The molecular weight excluding hydrogens is 286 g/mol. The largest absolute Gasteiger partial charge is 0.399 e. The first-order chi connectivity index (χ1) is 10.6. The molecule has 22 heavy (non-hydrogen) atoms. The first-order valence-corrected chi connectivity index (χ1v) is 7.07. The van der Waals surface area contributed by atoms with Crippen molar-refractivity contribution in [2.24, 2.45) is 0 Å². The van der Waals surface area contributed by atoms with Crippen molar-refractivity contribution in [3.05, 3.63) is 30.5 Å². The lowest BCUT2D eigenvalue weighted by Gasteiger charge is -2.15. The molecule has 6 N–H and O–H groups in total. The summed E-state index contributed by atoms with van der Waals surface area (Å²) < 4.78 is 1.59. The van der Waals surface area contributed by atoms with Gasteiger partial charge in [0.05, 0.1) is 43.6 Å². The van der Waals surface area contributed by atoms with E-state index in [2.05, 4.69) is 15.6 Å². The molecule has 1 aromatic heterocycles. The number of aromatic nitrogens is 3. The summed E-state index contributed by atoms with van der Waals surface area (Å²) in [7, 11) is 0. The third-order valence-electron chi connectivity index (χ3n) is 3.90. The van der Waals surface area contributed by atoms with Gasteiger partial charge in [0.2, 0.25) is 0 Å². The number of nitrogens with two attached hydrogens (primary N) is 1. The quantitative estimate of drug-likeness (QED) is 0.438. The topological polar surface area (TPSA) is 129 Å². The molecule has 0 aliphatic carbocycles. The number of nitrogen functional groups attached to an aromatic ring is 1. The second-order valence-electron chi connectivity index (χ2n) is 5.49. The zero-order valence-corrected chi connectivity index (χ0v) is 11.9. The zero-order valence-electron chi connectivity index (χ0n) is 11.9. The average molecular weight is 305 g/mol. The maximum Gasteiger partial charge on any atom is 0.113 e. The van der Waals surface area contributed by atoms with Crippen LogP contribution in [0.15, 0.2) is 30.5 Å². The smallest absolute Gasteiger partial charge is 0.113 e. The van der Waals surface area contributed by atoms with E-state index in [-0.39, 0.29) is 6.61 Å². The Morgan fingerprint density at radius 2 is 2.00 bits per heavy atom. The lowest BCUT2D eigenvalue weighted by molar-refractivity contribution is 0.0175. The lowest BCUT2D eigenvalue weighted by atomic mass is 10.1. The summed E-state index contributed by atoms with van der Waals surface area (Å²) in [6, 6.07) is 6.40. The van der Waals surface area contributed by atoms with Crippen LogP contribution < -0.4 is 11.1 Å². The molecule has 118 valence electrons. The number of rotatable bonds is 4. The van der Waals surface area contributed by atoms with Crippen molar-refractivity contribution in [1.82, 2.24) is 20.3 Å². The Bertz CT molecular complexity index is 647. The summed E-state index contributed by atoms with van der Waals surface area (Å²) >= 11 is 0. The Morgan fingerprint density at radius 1 is 1.23 bits per heavy atom. The molecule has 0 bridgehead atoms. The van der Waals surface area contributed by atoms with Gasteiger partial charge in [-0.1, -0.05) is 17.3 Å². The summed E-state index contributed by atoms with van der Waals surface area (Å²) in [6.07, 6.45) is -0.203. The van der Waals surface area contributed by atoms with Crippen LogP contribution in [0.5, 0.6) is 0 Å². The molecule has 1 aliphatic heterocycles. The van der Waals surface area contributed by atoms with Gasteiger partial charge < -0.3 is 26.4 Å². The van der Waals surface area contributed by atoms with Gasteiger partial charge in [0, 0.05) is 11.3 Å². The third kappa shape index (κ3) is 2.81. The van der Waals surface area contributed by atoms with Crippen molar-refractivity contribution in [2.45, 2.75) is 30.8 Å². The maximum atomic E-state index is 9.98. The zero-order chi connectivity index (χ0) is 15.7. The predicted octanol–water partition coefficient (Wildman–Crippen LogP) is -1.42. The van der Waals surface area contributed by atoms with Gasteiger partial charge in [0.1, 0.15) is 5.69 Å². The highest BCUT2D eigenvalue weighted by atomic mass is 16.3. The van der Waals surface area contributed by atoms with Crippen LogP contribution in [0.1, 0.15) is 0 Å². The van der Waals surface area contributed by atoms with E-state index in [0.717, 1.165) is 5.56 Å². The fraction of sp³-hybridized carbons (Fsp3) is 0.429. The fourth-order valence-electron chi connectivity index (χ4n) is 2.69. The van der Waals surface area contributed by atoms with Crippen LogP contribution in [0.4, 0.5) is 5.69 Å². The molecule has 8 heteroatoms. The highest BCUT2D eigenvalue weighted by Gasteiger charge is 2.40. The molecule has 0 saturated carbocycles. The standard InChI is InChI=1S/C14H19N5O3/c15-9-3-1-2-8(4-9)10-5-19(18-17-10)6-11-13(21)14(22)12(7-20)16-11/h1-5,11-14,16,20-22H,6-7,15H2/t11-,12-,13-,14-/m1/s1. The average Bonchev–Trinajstić information content (AvgIpc) is 3.08. The van der Waals surface area contributed by atoms with E-state index < -0.39 is 24.3 Å². The van der Waals surface area contributed by atoms with Crippen molar-refractivity contribution in [2.75, 3.05) is 12.3 Å². The summed E-state index contributed by atoms with van der Waals surface area (Å²) in [4.78, 5) is 0. The number of anilines is 1. The molecule has 2 heterocycles. The molecule has 1 fully saturated rings. The minimum Gasteiger partial charge on any atom is -0.399 e. The first-order valence-electron chi connectivity index (χ1n) is 7.07.